The van der Waals surface area contributed by atoms with Crippen LogP contribution in [0.25, 0.3) is 0 Å². The molecule has 0 aliphatic rings. The van der Waals surface area contributed by atoms with Crippen molar-refractivity contribution < 1.29 is 9.47 Å². The lowest BCUT2D eigenvalue weighted by Crippen LogP contribution is -2.19. The van der Waals surface area contributed by atoms with Crippen molar-refractivity contribution in [1.29, 1.82) is 0 Å². The molecule has 0 amide bonds. The summed E-state index contributed by atoms with van der Waals surface area (Å²) in [7, 11) is 1.68. The van der Waals surface area contributed by atoms with E-state index in [0.717, 1.165) is 12.8 Å². The van der Waals surface area contributed by atoms with Crippen molar-refractivity contribution in [2.75, 3.05) is 20.3 Å². The van der Waals surface area contributed by atoms with Gasteiger partial charge in [0.2, 0.25) is 0 Å². The van der Waals surface area contributed by atoms with Gasteiger partial charge >= 0.3 is 0 Å². The highest BCUT2D eigenvalue weighted by molar-refractivity contribution is 4.57. The minimum absolute atomic E-state index is 0.276. The summed E-state index contributed by atoms with van der Waals surface area (Å²) in [6.45, 7) is 5.43. The first-order valence-electron chi connectivity index (χ1n) is 4.53. The maximum atomic E-state index is 5.62. The Bertz CT molecular complexity index is 96.5. The molecule has 0 saturated heterocycles. The molecule has 0 aromatic carbocycles. The fraction of sp³-hybridized carbons (Fsp3) is 1.00. The van der Waals surface area contributed by atoms with Crippen LogP contribution in [0, 0.1) is 0 Å². The summed E-state index contributed by atoms with van der Waals surface area (Å²) < 4.78 is 10.3. The van der Waals surface area contributed by atoms with Crippen LogP contribution in [0.4, 0.5) is 0 Å². The van der Waals surface area contributed by atoms with Crippen LogP contribution in [0.15, 0.2) is 0 Å². The molecule has 0 bridgehead atoms. The van der Waals surface area contributed by atoms with Crippen molar-refractivity contribution >= 4 is 0 Å². The lowest BCUT2D eigenvalue weighted by molar-refractivity contribution is 0.0211. The maximum Gasteiger partial charge on any atom is 0.0703 e. The molecule has 0 aliphatic heterocycles. The van der Waals surface area contributed by atoms with Crippen molar-refractivity contribution in [2.24, 2.45) is 5.73 Å². The largest absolute Gasteiger partial charge is 0.382 e. The normalized spacial score (nSPS) is 16.0. The lowest BCUT2D eigenvalue weighted by Gasteiger charge is -2.13. The quantitative estimate of drug-likeness (QED) is 0.591. The number of nitrogens with two attached hydrogens (primary N) is 1. The van der Waals surface area contributed by atoms with Gasteiger partial charge in [-0.3, -0.25) is 0 Å². The van der Waals surface area contributed by atoms with Gasteiger partial charge in [-0.25, -0.2) is 0 Å². The second kappa shape index (κ2) is 7.53. The summed E-state index contributed by atoms with van der Waals surface area (Å²) >= 11 is 0. The van der Waals surface area contributed by atoms with Crippen molar-refractivity contribution in [1.82, 2.24) is 0 Å². The Hall–Kier alpha value is -0.120. The van der Waals surface area contributed by atoms with E-state index in [9.17, 15) is 0 Å². The van der Waals surface area contributed by atoms with E-state index >= 15 is 0 Å². The van der Waals surface area contributed by atoms with E-state index < -0.39 is 0 Å². The summed E-state index contributed by atoms with van der Waals surface area (Å²) in [5.74, 6) is 0. The first-order valence-corrected chi connectivity index (χ1v) is 4.53. The second-order valence-corrected chi connectivity index (χ2v) is 3.23. The van der Waals surface area contributed by atoms with E-state index in [-0.39, 0.29) is 6.04 Å². The number of hydrogen-bond donors (Lipinski definition) is 1. The Labute approximate surface area is 75.2 Å². The summed E-state index contributed by atoms with van der Waals surface area (Å²) in [6.07, 6.45) is 2.35. The molecule has 0 aromatic rings. The molecular weight excluding hydrogens is 154 g/mol. The third kappa shape index (κ3) is 7.98. The SMILES string of the molecule is COCCOC(C)CCC(C)N. The number of hydrogen-bond acceptors (Lipinski definition) is 3. The molecule has 2 atom stereocenters. The first kappa shape index (κ1) is 11.9. The molecule has 3 heteroatoms. The van der Waals surface area contributed by atoms with Gasteiger partial charge in [0, 0.05) is 13.2 Å². The molecule has 12 heavy (non-hydrogen) atoms. The van der Waals surface area contributed by atoms with E-state index in [2.05, 4.69) is 6.92 Å². The molecule has 0 saturated carbocycles. The third-order valence-electron chi connectivity index (χ3n) is 1.72. The topological polar surface area (TPSA) is 44.5 Å². The van der Waals surface area contributed by atoms with Gasteiger partial charge in [-0.15, -0.1) is 0 Å². The second-order valence-electron chi connectivity index (χ2n) is 3.23. The van der Waals surface area contributed by atoms with Gasteiger partial charge < -0.3 is 15.2 Å². The molecule has 0 heterocycles. The van der Waals surface area contributed by atoms with Gasteiger partial charge in [-0.05, 0) is 26.7 Å². The Morgan fingerprint density at radius 1 is 1.17 bits per heavy atom. The summed E-state index contributed by atoms with van der Waals surface area (Å²) in [5.41, 5.74) is 5.62. The van der Waals surface area contributed by atoms with Crippen LogP contribution in [0.1, 0.15) is 26.7 Å². The van der Waals surface area contributed by atoms with Gasteiger partial charge in [0.05, 0.1) is 19.3 Å². The molecule has 0 aliphatic carbocycles. The zero-order valence-corrected chi connectivity index (χ0v) is 8.38. The highest BCUT2D eigenvalue weighted by Crippen LogP contribution is 2.02. The predicted molar refractivity (Wildman–Crippen MR) is 50.2 cm³/mol. The van der Waals surface area contributed by atoms with Gasteiger partial charge in [-0.2, -0.15) is 0 Å². The zero-order valence-electron chi connectivity index (χ0n) is 8.38. The smallest absolute Gasteiger partial charge is 0.0703 e. The molecule has 0 radical (unpaired) electrons. The van der Waals surface area contributed by atoms with Crippen LogP contribution in [0.3, 0.4) is 0 Å². The Balaban J connectivity index is 3.15. The highest BCUT2D eigenvalue weighted by Gasteiger charge is 2.03. The van der Waals surface area contributed by atoms with Gasteiger partial charge in [0.1, 0.15) is 0 Å². The molecular formula is C9H21NO2. The minimum atomic E-state index is 0.276. The number of ether oxygens (including phenoxy) is 2. The van der Waals surface area contributed by atoms with Crippen molar-refractivity contribution in [2.45, 2.75) is 38.8 Å². The Kier molecular flexibility index (Phi) is 7.45. The molecule has 0 fully saturated rings. The van der Waals surface area contributed by atoms with Crippen LogP contribution in [-0.4, -0.2) is 32.5 Å². The van der Waals surface area contributed by atoms with E-state index in [1.807, 2.05) is 6.92 Å². The van der Waals surface area contributed by atoms with Gasteiger partial charge in [-0.1, -0.05) is 0 Å². The number of rotatable bonds is 7. The van der Waals surface area contributed by atoms with Gasteiger partial charge in [0.25, 0.3) is 0 Å². The van der Waals surface area contributed by atoms with Crippen LogP contribution in [0.5, 0.6) is 0 Å². The van der Waals surface area contributed by atoms with Crippen LogP contribution < -0.4 is 5.73 Å². The summed E-state index contributed by atoms with van der Waals surface area (Å²) in [6, 6.07) is 0.276. The molecule has 2 unspecified atom stereocenters. The average Bonchev–Trinajstić information content (AvgIpc) is 2.01. The van der Waals surface area contributed by atoms with E-state index in [4.69, 9.17) is 15.2 Å². The lowest BCUT2D eigenvalue weighted by atomic mass is 10.1. The minimum Gasteiger partial charge on any atom is -0.382 e. The first-order chi connectivity index (χ1) is 5.66. The van der Waals surface area contributed by atoms with E-state index in [0.29, 0.717) is 19.3 Å². The highest BCUT2D eigenvalue weighted by atomic mass is 16.5. The fourth-order valence-corrected chi connectivity index (χ4v) is 0.914. The van der Waals surface area contributed by atoms with Crippen LogP contribution >= 0.6 is 0 Å². The standard InChI is InChI=1S/C9H21NO2/c1-8(10)4-5-9(2)12-7-6-11-3/h8-9H,4-7,10H2,1-3H3. The maximum absolute atomic E-state index is 5.62. The van der Waals surface area contributed by atoms with Gasteiger partial charge in [0.15, 0.2) is 0 Å². The van der Waals surface area contributed by atoms with Crippen molar-refractivity contribution in [3.05, 3.63) is 0 Å². The molecule has 2 N–H and O–H groups in total. The van der Waals surface area contributed by atoms with Crippen LogP contribution in [-0.2, 0) is 9.47 Å². The third-order valence-corrected chi connectivity index (χ3v) is 1.72. The number of methoxy groups -OCH3 is 1. The monoisotopic (exact) mass is 175 g/mol. The average molecular weight is 175 g/mol. The van der Waals surface area contributed by atoms with E-state index in [1.165, 1.54) is 0 Å². The molecule has 0 aromatic heterocycles. The molecule has 74 valence electrons. The fourth-order valence-electron chi connectivity index (χ4n) is 0.914. The predicted octanol–water partition coefficient (Wildman–Crippen LogP) is 1.17. The van der Waals surface area contributed by atoms with E-state index in [1.54, 1.807) is 7.11 Å². The summed E-state index contributed by atoms with van der Waals surface area (Å²) in [4.78, 5) is 0. The molecule has 0 spiro atoms. The molecule has 3 nitrogen and oxygen atoms in total. The van der Waals surface area contributed by atoms with Crippen LogP contribution in [0.2, 0.25) is 0 Å². The van der Waals surface area contributed by atoms with Crippen molar-refractivity contribution in [3.63, 3.8) is 0 Å². The van der Waals surface area contributed by atoms with Crippen molar-refractivity contribution in [3.8, 4) is 0 Å². The Morgan fingerprint density at radius 3 is 2.33 bits per heavy atom. The summed E-state index contributed by atoms with van der Waals surface area (Å²) in [5, 5.41) is 0. The zero-order chi connectivity index (χ0) is 9.40. The molecule has 0 rings (SSSR count). The Morgan fingerprint density at radius 2 is 1.83 bits per heavy atom.